The van der Waals surface area contributed by atoms with Gasteiger partial charge in [-0.25, -0.2) is 4.79 Å². The molecule has 0 aromatic heterocycles. The summed E-state index contributed by atoms with van der Waals surface area (Å²) >= 11 is 5.97. The summed E-state index contributed by atoms with van der Waals surface area (Å²) in [6.07, 6.45) is 3.38. The fourth-order valence-corrected chi connectivity index (χ4v) is 4.45. The van der Waals surface area contributed by atoms with Crippen molar-refractivity contribution in [3.63, 3.8) is 0 Å². The van der Waals surface area contributed by atoms with E-state index >= 15 is 0 Å². The van der Waals surface area contributed by atoms with Gasteiger partial charge in [0.1, 0.15) is 11.5 Å². The van der Waals surface area contributed by atoms with E-state index < -0.39 is 29.6 Å². The Balaban J connectivity index is 1.98. The summed E-state index contributed by atoms with van der Waals surface area (Å²) in [5, 5.41) is 10.6. The molecule has 0 radical (unpaired) electrons. The average molecular weight is 380 g/mol. The molecule has 3 rings (SSSR count). The summed E-state index contributed by atoms with van der Waals surface area (Å²) < 4.78 is 5.57. The van der Waals surface area contributed by atoms with E-state index in [1.54, 1.807) is 29.2 Å². The first-order valence-electron chi connectivity index (χ1n) is 9.11. The topological polar surface area (TPSA) is 66.8 Å². The monoisotopic (exact) mass is 379 g/mol. The van der Waals surface area contributed by atoms with E-state index in [0.717, 1.165) is 25.7 Å². The van der Waals surface area contributed by atoms with Crippen LogP contribution in [0.3, 0.4) is 0 Å². The van der Waals surface area contributed by atoms with Crippen molar-refractivity contribution in [3.05, 3.63) is 34.9 Å². The lowest BCUT2D eigenvalue weighted by molar-refractivity contribution is -0.142. The van der Waals surface area contributed by atoms with Crippen LogP contribution < -0.4 is 0 Å². The molecule has 1 heterocycles. The van der Waals surface area contributed by atoms with Crippen LogP contribution >= 0.6 is 11.6 Å². The lowest BCUT2D eigenvalue weighted by Crippen LogP contribution is -2.52. The number of halogens is 1. The normalized spacial score (nSPS) is 22.8. The van der Waals surface area contributed by atoms with Crippen molar-refractivity contribution in [2.24, 2.45) is 5.41 Å². The molecule has 26 heavy (non-hydrogen) atoms. The zero-order valence-corrected chi connectivity index (χ0v) is 16.3. The smallest absolute Gasteiger partial charge is 0.410 e. The highest BCUT2D eigenvalue weighted by Gasteiger charge is 2.57. The number of rotatable bonds is 3. The molecular formula is C20H26ClNO4. The number of carboxylic acids is 1. The second-order valence-electron chi connectivity index (χ2n) is 8.45. The minimum absolute atomic E-state index is 0.125. The first-order valence-corrected chi connectivity index (χ1v) is 9.49. The summed E-state index contributed by atoms with van der Waals surface area (Å²) in [7, 11) is 0. The third-order valence-electron chi connectivity index (χ3n) is 5.60. The van der Waals surface area contributed by atoms with Gasteiger partial charge in [0.15, 0.2) is 0 Å². The number of likely N-dealkylation sites (tertiary alicyclic amines) is 1. The molecular weight excluding hydrogens is 354 g/mol. The fraction of sp³-hybridized carbons (Fsp3) is 0.600. The standard InChI is InChI=1S/C20H26ClNO4/c1-19(2,3)26-18(25)22-12-11-20(9-4-10-20)16(22)15(17(23)24)13-5-7-14(21)8-6-13/h5-8,15-16H,4,9-12H2,1-3H3,(H,23,24)/t15-,16+/m0/s1. The Bertz CT molecular complexity index is 691. The Morgan fingerprint density at radius 3 is 2.31 bits per heavy atom. The van der Waals surface area contributed by atoms with Crippen LogP contribution in [0.2, 0.25) is 5.02 Å². The first kappa shape index (κ1) is 19.0. The maximum absolute atomic E-state index is 12.8. The molecule has 6 heteroatoms. The van der Waals surface area contributed by atoms with Gasteiger partial charge in [-0.15, -0.1) is 0 Å². The van der Waals surface area contributed by atoms with Crippen molar-refractivity contribution in [1.29, 1.82) is 0 Å². The molecule has 1 aromatic rings. The van der Waals surface area contributed by atoms with Gasteiger partial charge in [-0.2, -0.15) is 0 Å². The molecule has 1 amide bonds. The second-order valence-corrected chi connectivity index (χ2v) is 8.89. The predicted molar refractivity (Wildman–Crippen MR) is 99.5 cm³/mol. The van der Waals surface area contributed by atoms with Crippen LogP contribution in [0.4, 0.5) is 4.79 Å². The van der Waals surface area contributed by atoms with Gasteiger partial charge in [0, 0.05) is 11.6 Å². The molecule has 2 aliphatic rings. The van der Waals surface area contributed by atoms with E-state index in [2.05, 4.69) is 0 Å². The van der Waals surface area contributed by atoms with Crippen molar-refractivity contribution < 1.29 is 19.4 Å². The minimum Gasteiger partial charge on any atom is -0.481 e. The van der Waals surface area contributed by atoms with Gasteiger partial charge in [-0.1, -0.05) is 30.2 Å². The number of carbonyl (C=O) groups excluding carboxylic acids is 1. The van der Waals surface area contributed by atoms with Crippen molar-refractivity contribution >= 4 is 23.7 Å². The lowest BCUT2D eigenvalue weighted by Gasteiger charge is -2.47. The van der Waals surface area contributed by atoms with E-state index in [9.17, 15) is 14.7 Å². The molecule has 1 N–H and O–H groups in total. The Kier molecular flexibility index (Phi) is 4.95. The lowest BCUT2D eigenvalue weighted by atomic mass is 9.60. The third kappa shape index (κ3) is 3.54. The molecule has 1 saturated carbocycles. The van der Waals surface area contributed by atoms with Gasteiger partial charge in [0.2, 0.25) is 0 Å². The van der Waals surface area contributed by atoms with Crippen LogP contribution in [-0.2, 0) is 9.53 Å². The van der Waals surface area contributed by atoms with E-state index in [-0.39, 0.29) is 5.41 Å². The number of carbonyl (C=O) groups is 2. The molecule has 1 spiro atoms. The van der Waals surface area contributed by atoms with Gasteiger partial charge >= 0.3 is 12.1 Å². The average Bonchev–Trinajstić information content (AvgIpc) is 2.88. The molecule has 2 fully saturated rings. The maximum atomic E-state index is 12.8. The highest BCUT2D eigenvalue weighted by atomic mass is 35.5. The Hall–Kier alpha value is -1.75. The SMILES string of the molecule is CC(C)(C)OC(=O)N1CCC2(CCC2)[C@H]1[C@@H](C(=O)O)c1ccc(Cl)cc1. The van der Waals surface area contributed by atoms with E-state index in [1.165, 1.54) is 0 Å². The highest BCUT2D eigenvalue weighted by molar-refractivity contribution is 6.30. The number of hydrogen-bond acceptors (Lipinski definition) is 3. The number of amides is 1. The van der Waals surface area contributed by atoms with Gasteiger partial charge < -0.3 is 14.7 Å². The van der Waals surface area contributed by atoms with E-state index in [4.69, 9.17) is 16.3 Å². The molecule has 0 bridgehead atoms. The number of hydrogen-bond donors (Lipinski definition) is 1. The van der Waals surface area contributed by atoms with Crippen molar-refractivity contribution in [2.75, 3.05) is 6.54 Å². The fourth-order valence-electron chi connectivity index (χ4n) is 4.33. The summed E-state index contributed by atoms with van der Waals surface area (Å²) in [5.74, 6) is -1.71. The van der Waals surface area contributed by atoms with Crippen LogP contribution in [-0.4, -0.2) is 40.3 Å². The Morgan fingerprint density at radius 2 is 1.85 bits per heavy atom. The predicted octanol–water partition coefficient (Wildman–Crippen LogP) is 4.69. The third-order valence-corrected chi connectivity index (χ3v) is 5.85. The van der Waals surface area contributed by atoms with Gasteiger partial charge in [-0.3, -0.25) is 4.79 Å². The maximum Gasteiger partial charge on any atom is 0.410 e. The van der Waals surface area contributed by atoms with Crippen LogP contribution in [0, 0.1) is 5.41 Å². The molecule has 1 saturated heterocycles. The van der Waals surface area contributed by atoms with Gasteiger partial charge in [0.05, 0.1) is 6.04 Å². The number of ether oxygens (including phenoxy) is 1. The number of aliphatic carboxylic acids is 1. The van der Waals surface area contributed by atoms with Crippen molar-refractivity contribution in [1.82, 2.24) is 4.90 Å². The molecule has 5 nitrogen and oxygen atoms in total. The van der Waals surface area contributed by atoms with Gasteiger partial charge in [0.25, 0.3) is 0 Å². The van der Waals surface area contributed by atoms with Crippen LogP contribution in [0.15, 0.2) is 24.3 Å². The van der Waals surface area contributed by atoms with Crippen LogP contribution in [0.25, 0.3) is 0 Å². The Labute approximate surface area is 159 Å². The van der Waals surface area contributed by atoms with Crippen LogP contribution in [0.5, 0.6) is 0 Å². The zero-order chi connectivity index (χ0) is 19.1. The molecule has 1 aliphatic carbocycles. The first-order chi connectivity index (χ1) is 12.1. The molecule has 1 aromatic carbocycles. The largest absolute Gasteiger partial charge is 0.481 e. The van der Waals surface area contributed by atoms with Gasteiger partial charge in [-0.05, 0) is 63.1 Å². The number of nitrogens with zero attached hydrogens (tertiary/aromatic N) is 1. The number of carboxylic acid groups (broad SMARTS) is 1. The molecule has 0 unspecified atom stereocenters. The minimum atomic E-state index is -0.918. The zero-order valence-electron chi connectivity index (χ0n) is 15.5. The van der Waals surface area contributed by atoms with Crippen molar-refractivity contribution in [3.8, 4) is 0 Å². The summed E-state index contributed by atoms with van der Waals surface area (Å²) in [6.45, 7) is 6.01. The summed E-state index contributed by atoms with van der Waals surface area (Å²) in [5.41, 5.74) is -0.0658. The molecule has 2 atom stereocenters. The van der Waals surface area contributed by atoms with E-state index in [0.29, 0.717) is 17.1 Å². The second kappa shape index (κ2) is 6.76. The number of benzene rings is 1. The summed E-state index contributed by atoms with van der Waals surface area (Å²) in [6, 6.07) is 6.50. The summed E-state index contributed by atoms with van der Waals surface area (Å²) in [4.78, 5) is 26.7. The molecule has 142 valence electrons. The van der Waals surface area contributed by atoms with Crippen LogP contribution in [0.1, 0.15) is 57.9 Å². The quantitative estimate of drug-likeness (QED) is 0.827. The molecule has 1 aliphatic heterocycles. The highest BCUT2D eigenvalue weighted by Crippen LogP contribution is 2.56. The van der Waals surface area contributed by atoms with E-state index in [1.807, 2.05) is 20.8 Å². The van der Waals surface area contributed by atoms with Crippen molar-refractivity contribution in [2.45, 2.75) is 64.0 Å². The Morgan fingerprint density at radius 1 is 1.23 bits per heavy atom.